The minimum Gasteiger partial charge on any atom is -0.478 e. The van der Waals surface area contributed by atoms with Gasteiger partial charge in [0.1, 0.15) is 0 Å². The number of hydrogen-bond acceptors (Lipinski definition) is 3. The number of rotatable bonds is 5. The molecule has 0 saturated heterocycles. The zero-order chi connectivity index (χ0) is 15.5. The van der Waals surface area contributed by atoms with Gasteiger partial charge in [-0.1, -0.05) is 46.3 Å². The Morgan fingerprint density at radius 3 is 2.52 bits per heavy atom. The lowest BCUT2D eigenvalue weighted by Crippen LogP contribution is -2.24. The molecule has 0 saturated carbocycles. The van der Waals surface area contributed by atoms with Crippen LogP contribution >= 0.6 is 27.7 Å². The molecule has 0 heterocycles. The second-order valence-corrected chi connectivity index (χ2v) is 6.81. The number of benzene rings is 2. The van der Waals surface area contributed by atoms with Crippen LogP contribution in [-0.4, -0.2) is 21.9 Å². The number of carboxylic acids is 1. The first kappa shape index (κ1) is 16.1. The van der Waals surface area contributed by atoms with Crippen LogP contribution in [0.3, 0.4) is 0 Å². The molecule has 0 bridgehead atoms. The predicted molar refractivity (Wildman–Crippen MR) is 87.8 cm³/mol. The average Bonchev–Trinajstić information content (AvgIpc) is 2.46. The summed E-state index contributed by atoms with van der Waals surface area (Å²) >= 11 is 4.67. The molecular weight excluding hydrogens is 352 g/mol. The summed E-state index contributed by atoms with van der Waals surface area (Å²) in [5.74, 6) is -0.599. The number of aromatic carboxylic acids is 1. The van der Waals surface area contributed by atoms with Crippen LogP contribution < -0.4 is 0 Å². The fraction of sp³-hybridized carbons (Fsp3) is 0.188. The van der Waals surface area contributed by atoms with Crippen molar-refractivity contribution in [1.82, 2.24) is 0 Å². The fourth-order valence-electron chi connectivity index (χ4n) is 1.89. The van der Waals surface area contributed by atoms with Gasteiger partial charge in [0.2, 0.25) is 0 Å². The van der Waals surface area contributed by atoms with Crippen molar-refractivity contribution >= 4 is 33.7 Å². The molecule has 1 unspecified atom stereocenters. The highest BCUT2D eigenvalue weighted by atomic mass is 79.9. The maximum absolute atomic E-state index is 11.2. The molecule has 2 rings (SSSR count). The topological polar surface area (TPSA) is 57.5 Å². The summed E-state index contributed by atoms with van der Waals surface area (Å²) in [4.78, 5) is 11.9. The molecule has 0 spiro atoms. The molecule has 2 aromatic carbocycles. The first-order valence-corrected chi connectivity index (χ1v) is 8.11. The molecule has 0 amide bonds. The molecule has 0 aromatic heterocycles. The van der Waals surface area contributed by atoms with E-state index < -0.39 is 11.6 Å². The molecule has 3 nitrogen and oxygen atoms in total. The number of hydrogen-bond donors (Lipinski definition) is 2. The minimum absolute atomic E-state index is 0.243. The Labute approximate surface area is 136 Å². The lowest BCUT2D eigenvalue weighted by atomic mass is 9.99. The largest absolute Gasteiger partial charge is 0.478 e. The van der Waals surface area contributed by atoms with E-state index in [2.05, 4.69) is 15.9 Å². The van der Waals surface area contributed by atoms with Gasteiger partial charge < -0.3 is 10.2 Å². The predicted octanol–water partition coefficient (Wildman–Crippen LogP) is 4.15. The monoisotopic (exact) mass is 366 g/mol. The van der Waals surface area contributed by atoms with E-state index in [4.69, 9.17) is 0 Å². The number of carboxylic acid groups (broad SMARTS) is 1. The van der Waals surface area contributed by atoms with Crippen LogP contribution in [0.1, 0.15) is 22.8 Å². The number of halogens is 1. The summed E-state index contributed by atoms with van der Waals surface area (Å²) in [7, 11) is 0. The van der Waals surface area contributed by atoms with E-state index in [-0.39, 0.29) is 5.56 Å². The summed E-state index contributed by atoms with van der Waals surface area (Å²) in [5, 5.41) is 19.8. The minimum atomic E-state index is -1.02. The fourth-order valence-corrected chi connectivity index (χ4v) is 3.53. The highest BCUT2D eigenvalue weighted by Crippen LogP contribution is 2.32. The van der Waals surface area contributed by atoms with Crippen molar-refractivity contribution in [3.63, 3.8) is 0 Å². The van der Waals surface area contributed by atoms with Gasteiger partial charge in [0.05, 0.1) is 11.2 Å². The molecule has 1 atom stereocenters. The molecule has 0 aliphatic carbocycles. The van der Waals surface area contributed by atoms with Gasteiger partial charge in [0, 0.05) is 15.1 Å². The summed E-state index contributed by atoms with van der Waals surface area (Å²) in [6, 6.07) is 14.4. The van der Waals surface area contributed by atoms with E-state index >= 15 is 0 Å². The van der Waals surface area contributed by atoms with Crippen molar-refractivity contribution in [2.24, 2.45) is 0 Å². The Hall–Kier alpha value is -1.30. The van der Waals surface area contributed by atoms with E-state index in [1.807, 2.05) is 30.3 Å². The van der Waals surface area contributed by atoms with Gasteiger partial charge in [-0.3, -0.25) is 0 Å². The third-order valence-corrected chi connectivity index (χ3v) is 4.93. The summed E-state index contributed by atoms with van der Waals surface area (Å²) < 4.78 is 0.814. The van der Waals surface area contributed by atoms with Gasteiger partial charge in [-0.2, -0.15) is 0 Å². The maximum atomic E-state index is 11.2. The van der Waals surface area contributed by atoms with Crippen molar-refractivity contribution in [3.05, 3.63) is 64.1 Å². The lowest BCUT2D eigenvalue weighted by molar-refractivity contribution is 0.0691. The van der Waals surface area contributed by atoms with Crippen molar-refractivity contribution in [2.75, 3.05) is 5.75 Å². The van der Waals surface area contributed by atoms with E-state index in [0.29, 0.717) is 10.6 Å². The molecule has 2 N–H and O–H groups in total. The molecule has 0 aliphatic heterocycles. The van der Waals surface area contributed by atoms with Gasteiger partial charge in [-0.15, -0.1) is 11.8 Å². The highest BCUT2D eigenvalue weighted by Gasteiger charge is 2.24. The zero-order valence-electron chi connectivity index (χ0n) is 11.4. The average molecular weight is 367 g/mol. The van der Waals surface area contributed by atoms with Crippen LogP contribution in [0, 0.1) is 0 Å². The molecule has 0 aliphatic rings. The quantitative estimate of drug-likeness (QED) is 0.780. The summed E-state index contributed by atoms with van der Waals surface area (Å²) in [6.45, 7) is 1.73. The smallest absolute Gasteiger partial charge is 0.336 e. The van der Waals surface area contributed by atoms with Gasteiger partial charge in [-0.05, 0) is 30.7 Å². The van der Waals surface area contributed by atoms with Crippen molar-refractivity contribution in [2.45, 2.75) is 17.4 Å². The third-order valence-electron chi connectivity index (χ3n) is 3.08. The van der Waals surface area contributed by atoms with Crippen LogP contribution in [0.25, 0.3) is 0 Å². The Morgan fingerprint density at radius 1 is 1.24 bits per heavy atom. The van der Waals surface area contributed by atoms with E-state index in [9.17, 15) is 15.0 Å². The number of carbonyl (C=O) groups is 1. The van der Waals surface area contributed by atoms with Crippen LogP contribution in [-0.2, 0) is 5.60 Å². The summed E-state index contributed by atoms with van der Waals surface area (Å²) in [5.41, 5.74) is 0.0285. The maximum Gasteiger partial charge on any atom is 0.336 e. The van der Waals surface area contributed by atoms with Crippen LogP contribution in [0.4, 0.5) is 0 Å². The van der Waals surface area contributed by atoms with E-state index in [1.165, 1.54) is 11.8 Å². The van der Waals surface area contributed by atoms with Crippen LogP contribution in [0.15, 0.2) is 57.9 Å². The number of aliphatic hydroxyl groups is 1. The molecule has 2 aromatic rings. The SMILES string of the molecule is CC(O)(CSc1cc(Br)ccc1C(=O)O)c1ccccc1. The van der Waals surface area contributed by atoms with E-state index in [0.717, 1.165) is 10.0 Å². The Bertz CT molecular complexity index is 641. The Morgan fingerprint density at radius 2 is 1.90 bits per heavy atom. The molecule has 0 radical (unpaired) electrons. The second-order valence-electron chi connectivity index (χ2n) is 4.87. The second kappa shape index (κ2) is 6.64. The van der Waals surface area contributed by atoms with Crippen LogP contribution in [0.5, 0.6) is 0 Å². The normalized spacial score (nSPS) is 13.7. The third kappa shape index (κ3) is 4.09. The van der Waals surface area contributed by atoms with Gasteiger partial charge in [0.15, 0.2) is 0 Å². The molecular formula is C16H15BrO3S. The Kier molecular flexibility index (Phi) is 5.08. The highest BCUT2D eigenvalue weighted by molar-refractivity contribution is 9.10. The van der Waals surface area contributed by atoms with Crippen molar-refractivity contribution in [3.8, 4) is 0 Å². The molecule has 110 valence electrons. The van der Waals surface area contributed by atoms with Crippen molar-refractivity contribution in [1.29, 1.82) is 0 Å². The van der Waals surface area contributed by atoms with Gasteiger partial charge in [-0.25, -0.2) is 4.79 Å². The standard InChI is InChI=1S/C16H15BrO3S/c1-16(20,11-5-3-2-4-6-11)10-21-14-9-12(17)7-8-13(14)15(18)19/h2-9,20H,10H2,1H3,(H,18,19). The molecule has 5 heteroatoms. The lowest BCUT2D eigenvalue weighted by Gasteiger charge is -2.23. The molecule has 21 heavy (non-hydrogen) atoms. The van der Waals surface area contributed by atoms with Gasteiger partial charge >= 0.3 is 5.97 Å². The molecule has 0 fully saturated rings. The zero-order valence-corrected chi connectivity index (χ0v) is 13.8. The van der Waals surface area contributed by atoms with Crippen LogP contribution in [0.2, 0.25) is 0 Å². The first-order valence-electron chi connectivity index (χ1n) is 6.34. The van der Waals surface area contributed by atoms with Gasteiger partial charge in [0.25, 0.3) is 0 Å². The number of thioether (sulfide) groups is 1. The first-order chi connectivity index (χ1) is 9.90. The van der Waals surface area contributed by atoms with Crippen molar-refractivity contribution < 1.29 is 15.0 Å². The summed E-state index contributed by atoms with van der Waals surface area (Å²) in [6.07, 6.45) is 0. The van der Waals surface area contributed by atoms with E-state index in [1.54, 1.807) is 25.1 Å². The Balaban J connectivity index is 2.20.